The maximum atomic E-state index is 12.3. The Morgan fingerprint density at radius 3 is 2.56 bits per heavy atom. The fourth-order valence-corrected chi connectivity index (χ4v) is 2.67. The molecule has 0 saturated heterocycles. The van der Waals surface area contributed by atoms with Gasteiger partial charge in [-0.25, -0.2) is 4.68 Å². The highest BCUT2D eigenvalue weighted by Crippen LogP contribution is 2.14. The van der Waals surface area contributed by atoms with E-state index in [1.54, 1.807) is 12.1 Å². The number of amides is 1. The molecule has 0 radical (unpaired) electrons. The van der Waals surface area contributed by atoms with Crippen LogP contribution in [0.4, 0.5) is 5.69 Å². The predicted molar refractivity (Wildman–Crippen MR) is 107 cm³/mol. The van der Waals surface area contributed by atoms with E-state index in [-0.39, 0.29) is 11.5 Å². The van der Waals surface area contributed by atoms with Gasteiger partial charge in [0.25, 0.3) is 11.5 Å². The van der Waals surface area contributed by atoms with Crippen molar-refractivity contribution in [3.63, 3.8) is 0 Å². The molecule has 138 valence electrons. The maximum Gasteiger partial charge on any atom is 0.266 e. The number of hydrogen-bond acceptors (Lipinski definition) is 4. The lowest BCUT2D eigenvalue weighted by Crippen LogP contribution is -2.32. The molecule has 6 nitrogen and oxygen atoms in total. The summed E-state index contributed by atoms with van der Waals surface area (Å²) < 4.78 is 1.37. The molecule has 0 fully saturated rings. The summed E-state index contributed by atoms with van der Waals surface area (Å²) in [5.41, 5.74) is 3.00. The quantitative estimate of drug-likeness (QED) is 0.731. The lowest BCUT2D eigenvalue weighted by Gasteiger charge is -2.13. The zero-order chi connectivity index (χ0) is 19.2. The predicted octanol–water partition coefficient (Wildman–Crippen LogP) is 2.41. The second-order valence-corrected chi connectivity index (χ2v) is 6.35. The van der Waals surface area contributed by atoms with E-state index >= 15 is 0 Å². The van der Waals surface area contributed by atoms with E-state index in [0.29, 0.717) is 18.7 Å². The molecule has 0 aliphatic carbocycles. The third kappa shape index (κ3) is 4.61. The second-order valence-electron chi connectivity index (χ2n) is 6.35. The molecule has 3 rings (SSSR count). The number of carbonyl (C=O) groups excluding carboxylic acids is 1. The van der Waals surface area contributed by atoms with E-state index in [1.807, 2.05) is 67.5 Å². The largest absolute Gasteiger partial charge is 0.378 e. The fraction of sp³-hybridized carbons (Fsp3) is 0.190. The van der Waals surface area contributed by atoms with Crippen molar-refractivity contribution in [2.45, 2.75) is 6.54 Å². The Morgan fingerprint density at radius 1 is 1.04 bits per heavy atom. The highest BCUT2D eigenvalue weighted by atomic mass is 16.1. The summed E-state index contributed by atoms with van der Waals surface area (Å²) in [6, 6.07) is 20.3. The lowest BCUT2D eigenvalue weighted by atomic mass is 10.1. The van der Waals surface area contributed by atoms with Crippen molar-refractivity contribution in [3.05, 3.63) is 82.6 Å². The van der Waals surface area contributed by atoms with Gasteiger partial charge < -0.3 is 10.2 Å². The van der Waals surface area contributed by atoms with Crippen LogP contribution in [0.15, 0.2) is 71.5 Å². The first-order chi connectivity index (χ1) is 13.0. The van der Waals surface area contributed by atoms with E-state index in [2.05, 4.69) is 10.4 Å². The molecule has 0 atom stereocenters. The summed E-state index contributed by atoms with van der Waals surface area (Å²) in [7, 11) is 3.85. The van der Waals surface area contributed by atoms with Crippen LogP contribution in [0.3, 0.4) is 0 Å². The second kappa shape index (κ2) is 8.31. The van der Waals surface area contributed by atoms with Gasteiger partial charge in [-0.1, -0.05) is 36.4 Å². The number of rotatable bonds is 6. The van der Waals surface area contributed by atoms with Crippen molar-refractivity contribution < 1.29 is 4.79 Å². The Hall–Kier alpha value is -3.41. The first-order valence-electron chi connectivity index (χ1n) is 8.74. The van der Waals surface area contributed by atoms with E-state index in [0.717, 1.165) is 16.9 Å². The number of nitrogens with one attached hydrogen (secondary N) is 1. The molecule has 0 aliphatic heterocycles. The molecule has 0 unspecified atom stereocenters. The van der Waals surface area contributed by atoms with Crippen molar-refractivity contribution >= 4 is 11.6 Å². The van der Waals surface area contributed by atoms with Crippen LogP contribution >= 0.6 is 0 Å². The molecule has 1 N–H and O–H groups in total. The van der Waals surface area contributed by atoms with Crippen molar-refractivity contribution in [3.8, 4) is 11.3 Å². The highest BCUT2D eigenvalue weighted by Gasteiger charge is 2.08. The minimum atomic E-state index is -0.196. The molecule has 3 aromatic rings. The van der Waals surface area contributed by atoms with E-state index in [4.69, 9.17) is 0 Å². The zero-order valence-electron chi connectivity index (χ0n) is 15.4. The Morgan fingerprint density at radius 2 is 1.81 bits per heavy atom. The zero-order valence-corrected chi connectivity index (χ0v) is 15.4. The summed E-state index contributed by atoms with van der Waals surface area (Å²) >= 11 is 0. The summed E-state index contributed by atoms with van der Waals surface area (Å²) in [6.45, 7) is 0.620. The normalized spacial score (nSPS) is 10.4. The van der Waals surface area contributed by atoms with Crippen molar-refractivity contribution in [1.82, 2.24) is 15.1 Å². The number of aromatic nitrogens is 2. The van der Waals surface area contributed by atoms with Gasteiger partial charge in [-0.3, -0.25) is 9.59 Å². The molecule has 1 aromatic heterocycles. The standard InChI is InChI=1S/C21H22N4O2/c1-24(2)18-10-6-9-17(15-18)21(27)22-13-14-25-20(26)12-11-19(23-25)16-7-4-3-5-8-16/h3-12,15H,13-14H2,1-2H3,(H,22,27). The first kappa shape index (κ1) is 18.4. The van der Waals surface area contributed by atoms with Crippen LogP contribution in [0.5, 0.6) is 0 Å². The Labute approximate surface area is 158 Å². The van der Waals surface area contributed by atoms with Gasteiger partial charge in [0.15, 0.2) is 0 Å². The molecule has 1 amide bonds. The van der Waals surface area contributed by atoms with Crippen LogP contribution in [0, 0.1) is 0 Å². The Balaban J connectivity index is 1.66. The monoisotopic (exact) mass is 362 g/mol. The van der Waals surface area contributed by atoms with Crippen LogP contribution in [0.25, 0.3) is 11.3 Å². The third-order valence-corrected chi connectivity index (χ3v) is 4.17. The van der Waals surface area contributed by atoms with Crippen molar-refractivity contribution in [2.75, 3.05) is 25.5 Å². The lowest BCUT2D eigenvalue weighted by molar-refractivity contribution is 0.0952. The Kier molecular flexibility index (Phi) is 5.66. The van der Waals surface area contributed by atoms with Gasteiger partial charge in [-0.2, -0.15) is 5.10 Å². The number of hydrogen-bond donors (Lipinski definition) is 1. The molecular formula is C21H22N4O2. The van der Waals surface area contributed by atoms with Crippen LogP contribution in [0.2, 0.25) is 0 Å². The van der Waals surface area contributed by atoms with Gasteiger partial charge in [0.1, 0.15) is 0 Å². The molecular weight excluding hydrogens is 340 g/mol. The Bertz CT molecular complexity index is 981. The molecule has 6 heteroatoms. The average molecular weight is 362 g/mol. The summed E-state index contributed by atoms with van der Waals surface area (Å²) in [5.74, 6) is -0.175. The van der Waals surface area contributed by atoms with Crippen LogP contribution in [-0.2, 0) is 6.54 Å². The molecule has 2 aromatic carbocycles. The van der Waals surface area contributed by atoms with Crippen LogP contribution < -0.4 is 15.8 Å². The van der Waals surface area contributed by atoms with E-state index in [9.17, 15) is 9.59 Å². The number of benzene rings is 2. The number of anilines is 1. The summed E-state index contributed by atoms with van der Waals surface area (Å²) in [6.07, 6.45) is 0. The number of nitrogens with zero attached hydrogens (tertiary/aromatic N) is 3. The summed E-state index contributed by atoms with van der Waals surface area (Å²) in [5, 5.41) is 7.24. The minimum absolute atomic E-state index is 0.175. The molecule has 27 heavy (non-hydrogen) atoms. The SMILES string of the molecule is CN(C)c1cccc(C(=O)NCCn2nc(-c3ccccc3)ccc2=O)c1. The van der Waals surface area contributed by atoms with E-state index < -0.39 is 0 Å². The molecule has 0 aliphatic rings. The van der Waals surface area contributed by atoms with Gasteiger partial charge in [-0.15, -0.1) is 0 Å². The molecule has 0 saturated carbocycles. The van der Waals surface area contributed by atoms with Crippen LogP contribution in [0.1, 0.15) is 10.4 Å². The van der Waals surface area contributed by atoms with Gasteiger partial charge in [0.05, 0.1) is 12.2 Å². The smallest absolute Gasteiger partial charge is 0.266 e. The van der Waals surface area contributed by atoms with Gasteiger partial charge in [0, 0.05) is 43.5 Å². The minimum Gasteiger partial charge on any atom is -0.378 e. The number of carbonyl (C=O) groups is 1. The topological polar surface area (TPSA) is 67.2 Å². The molecule has 1 heterocycles. The van der Waals surface area contributed by atoms with Gasteiger partial charge in [-0.05, 0) is 24.3 Å². The molecule has 0 spiro atoms. The van der Waals surface area contributed by atoms with E-state index in [1.165, 1.54) is 10.7 Å². The first-order valence-corrected chi connectivity index (χ1v) is 8.74. The van der Waals surface area contributed by atoms with Gasteiger partial charge in [0.2, 0.25) is 0 Å². The third-order valence-electron chi connectivity index (χ3n) is 4.17. The van der Waals surface area contributed by atoms with Gasteiger partial charge >= 0.3 is 0 Å². The molecule has 0 bridgehead atoms. The van der Waals surface area contributed by atoms with Crippen LogP contribution in [-0.4, -0.2) is 36.3 Å². The van der Waals surface area contributed by atoms with Crippen molar-refractivity contribution in [1.29, 1.82) is 0 Å². The average Bonchev–Trinajstić information content (AvgIpc) is 2.70. The fourth-order valence-electron chi connectivity index (χ4n) is 2.67. The van der Waals surface area contributed by atoms with Crippen molar-refractivity contribution in [2.24, 2.45) is 0 Å². The highest BCUT2D eigenvalue weighted by molar-refractivity contribution is 5.95. The summed E-state index contributed by atoms with van der Waals surface area (Å²) in [4.78, 5) is 26.3. The maximum absolute atomic E-state index is 12.3.